The first-order chi connectivity index (χ1) is 9.29. The van der Waals surface area contributed by atoms with E-state index in [0.29, 0.717) is 0 Å². The first-order valence-corrected chi connectivity index (χ1v) is 7.79. The smallest absolute Gasteiger partial charge is 0.193 e. The van der Waals surface area contributed by atoms with Crippen LogP contribution in [-0.4, -0.2) is 51.3 Å². The van der Waals surface area contributed by atoms with Crippen LogP contribution in [0.5, 0.6) is 0 Å². The van der Waals surface area contributed by atoms with Crippen molar-refractivity contribution in [1.82, 2.24) is 10.2 Å². The maximum absolute atomic E-state index is 5.66. The zero-order chi connectivity index (χ0) is 13.5. The van der Waals surface area contributed by atoms with Crippen LogP contribution in [-0.2, 0) is 4.74 Å². The molecule has 4 heteroatoms. The molecule has 19 heavy (non-hydrogen) atoms. The van der Waals surface area contributed by atoms with Crippen LogP contribution in [0.15, 0.2) is 4.99 Å². The Morgan fingerprint density at radius 2 is 2.00 bits per heavy atom. The molecule has 0 atom stereocenters. The van der Waals surface area contributed by atoms with E-state index in [9.17, 15) is 0 Å². The van der Waals surface area contributed by atoms with Gasteiger partial charge in [0.15, 0.2) is 5.96 Å². The van der Waals surface area contributed by atoms with Crippen LogP contribution in [0.25, 0.3) is 0 Å². The number of hydrogen-bond acceptors (Lipinski definition) is 2. The summed E-state index contributed by atoms with van der Waals surface area (Å²) in [5.74, 6) is 2.87. The number of rotatable bonds is 9. The Hall–Kier alpha value is -0.770. The van der Waals surface area contributed by atoms with Gasteiger partial charge in [-0.25, -0.2) is 0 Å². The Morgan fingerprint density at radius 1 is 1.26 bits per heavy atom. The Bertz CT molecular complexity index is 285. The fourth-order valence-electron chi connectivity index (χ4n) is 2.22. The maximum atomic E-state index is 5.66. The number of nitrogens with one attached hydrogen (secondary N) is 1. The fourth-order valence-corrected chi connectivity index (χ4v) is 2.22. The van der Waals surface area contributed by atoms with Gasteiger partial charge in [-0.2, -0.15) is 0 Å². The van der Waals surface area contributed by atoms with E-state index in [1.165, 1.54) is 38.5 Å². The normalized spacial score (nSPS) is 19.6. The summed E-state index contributed by atoms with van der Waals surface area (Å²) in [7, 11) is 3.93. The molecule has 0 radical (unpaired) electrons. The van der Waals surface area contributed by atoms with Crippen molar-refractivity contribution < 1.29 is 4.74 Å². The molecule has 0 aliphatic heterocycles. The molecule has 2 aliphatic rings. The van der Waals surface area contributed by atoms with Crippen LogP contribution in [0, 0.1) is 11.8 Å². The molecule has 0 saturated heterocycles. The second kappa shape index (κ2) is 7.73. The van der Waals surface area contributed by atoms with Crippen molar-refractivity contribution in [2.45, 2.75) is 38.5 Å². The van der Waals surface area contributed by atoms with Crippen molar-refractivity contribution >= 4 is 5.96 Å². The average Bonchev–Trinajstić information content (AvgIpc) is 3.27. The molecule has 0 aromatic heterocycles. The van der Waals surface area contributed by atoms with Crippen LogP contribution in [0.4, 0.5) is 0 Å². The summed E-state index contributed by atoms with van der Waals surface area (Å²) >= 11 is 0. The molecule has 2 saturated carbocycles. The second-order valence-corrected chi connectivity index (χ2v) is 6.00. The van der Waals surface area contributed by atoms with Gasteiger partial charge in [-0.3, -0.25) is 4.99 Å². The predicted octanol–water partition coefficient (Wildman–Crippen LogP) is 2.11. The van der Waals surface area contributed by atoms with Gasteiger partial charge in [-0.05, 0) is 37.5 Å². The maximum Gasteiger partial charge on any atom is 0.193 e. The summed E-state index contributed by atoms with van der Waals surface area (Å²) in [5, 5.41) is 3.43. The van der Waals surface area contributed by atoms with E-state index in [4.69, 9.17) is 4.74 Å². The van der Waals surface area contributed by atoms with Crippen molar-refractivity contribution in [1.29, 1.82) is 0 Å². The number of aliphatic imine (C=N–C) groups is 1. The monoisotopic (exact) mass is 267 g/mol. The molecule has 0 amide bonds. The molecule has 0 spiro atoms. The van der Waals surface area contributed by atoms with Crippen LogP contribution >= 0.6 is 0 Å². The van der Waals surface area contributed by atoms with Crippen LogP contribution < -0.4 is 5.32 Å². The molecule has 110 valence electrons. The van der Waals surface area contributed by atoms with E-state index in [1.54, 1.807) is 0 Å². The molecule has 0 heterocycles. The van der Waals surface area contributed by atoms with E-state index < -0.39 is 0 Å². The van der Waals surface area contributed by atoms with Gasteiger partial charge in [-0.15, -0.1) is 0 Å². The number of guanidine groups is 1. The summed E-state index contributed by atoms with van der Waals surface area (Å²) < 4.78 is 5.66. The third kappa shape index (κ3) is 6.28. The van der Waals surface area contributed by atoms with E-state index >= 15 is 0 Å². The lowest BCUT2D eigenvalue weighted by Gasteiger charge is -2.22. The van der Waals surface area contributed by atoms with E-state index in [-0.39, 0.29) is 0 Å². The van der Waals surface area contributed by atoms with Crippen molar-refractivity contribution in [2.75, 3.05) is 40.4 Å². The molecule has 4 nitrogen and oxygen atoms in total. The summed E-state index contributed by atoms with van der Waals surface area (Å²) in [6.07, 6.45) is 8.26. The number of nitrogens with zero attached hydrogens (tertiary/aromatic N) is 2. The lowest BCUT2D eigenvalue weighted by Crippen LogP contribution is -2.41. The third-order valence-electron chi connectivity index (χ3n) is 3.96. The zero-order valence-electron chi connectivity index (χ0n) is 12.5. The quantitative estimate of drug-likeness (QED) is 0.395. The number of hydrogen-bond donors (Lipinski definition) is 1. The largest absolute Gasteiger partial charge is 0.379 e. The number of likely N-dealkylation sites (N-methyl/N-ethyl adjacent to an activating group) is 1. The summed E-state index contributed by atoms with van der Waals surface area (Å²) in [6, 6.07) is 0. The summed E-state index contributed by atoms with van der Waals surface area (Å²) in [6.45, 7) is 3.70. The van der Waals surface area contributed by atoms with Gasteiger partial charge in [0.2, 0.25) is 0 Å². The van der Waals surface area contributed by atoms with Gasteiger partial charge in [0, 0.05) is 33.8 Å². The van der Waals surface area contributed by atoms with Gasteiger partial charge >= 0.3 is 0 Å². The molecule has 2 aliphatic carbocycles. The molecule has 0 bridgehead atoms. The molecule has 2 fully saturated rings. The van der Waals surface area contributed by atoms with Gasteiger partial charge in [0.05, 0.1) is 6.61 Å². The molecule has 2 rings (SSSR count). The average molecular weight is 267 g/mol. The van der Waals surface area contributed by atoms with Crippen LogP contribution in [0.3, 0.4) is 0 Å². The van der Waals surface area contributed by atoms with Crippen LogP contribution in [0.1, 0.15) is 38.5 Å². The van der Waals surface area contributed by atoms with Gasteiger partial charge < -0.3 is 15.0 Å². The highest BCUT2D eigenvalue weighted by atomic mass is 16.5. The van der Waals surface area contributed by atoms with E-state index in [2.05, 4.69) is 22.3 Å². The minimum Gasteiger partial charge on any atom is -0.379 e. The molecule has 0 aromatic rings. The fraction of sp³-hybridized carbons (Fsp3) is 0.933. The highest BCUT2D eigenvalue weighted by molar-refractivity contribution is 5.79. The Kier molecular flexibility index (Phi) is 5.95. The zero-order valence-corrected chi connectivity index (χ0v) is 12.5. The SMILES string of the molecule is CN=C(NCCCC1CC1)N(C)CCOCC1CC1. The van der Waals surface area contributed by atoms with Gasteiger partial charge in [0.1, 0.15) is 0 Å². The highest BCUT2D eigenvalue weighted by Gasteiger charge is 2.21. The van der Waals surface area contributed by atoms with E-state index in [1.807, 2.05) is 7.05 Å². The van der Waals surface area contributed by atoms with Crippen molar-refractivity contribution in [3.8, 4) is 0 Å². The lowest BCUT2D eigenvalue weighted by atomic mass is 10.2. The van der Waals surface area contributed by atoms with Crippen molar-refractivity contribution in [3.63, 3.8) is 0 Å². The van der Waals surface area contributed by atoms with Crippen LogP contribution in [0.2, 0.25) is 0 Å². The van der Waals surface area contributed by atoms with Gasteiger partial charge in [-0.1, -0.05) is 12.8 Å². The molecular formula is C15H29N3O. The third-order valence-corrected chi connectivity index (χ3v) is 3.96. The molecule has 0 unspecified atom stereocenters. The predicted molar refractivity (Wildman–Crippen MR) is 79.5 cm³/mol. The standard InChI is InChI=1S/C15H29N3O/c1-16-15(17-9-3-4-13-5-6-13)18(2)10-11-19-12-14-7-8-14/h13-14H,3-12H2,1-2H3,(H,16,17). The Labute approximate surface area is 117 Å². The topological polar surface area (TPSA) is 36.9 Å². The van der Waals surface area contributed by atoms with Crippen molar-refractivity contribution in [3.05, 3.63) is 0 Å². The summed E-state index contributed by atoms with van der Waals surface area (Å²) in [4.78, 5) is 6.48. The molecule has 0 aromatic carbocycles. The minimum absolute atomic E-state index is 0.801. The molecular weight excluding hydrogens is 238 g/mol. The minimum atomic E-state index is 0.801. The Morgan fingerprint density at radius 3 is 2.63 bits per heavy atom. The van der Waals surface area contributed by atoms with Crippen molar-refractivity contribution in [2.24, 2.45) is 16.8 Å². The number of ether oxygens (including phenoxy) is 1. The first-order valence-electron chi connectivity index (χ1n) is 7.79. The van der Waals surface area contributed by atoms with E-state index in [0.717, 1.165) is 44.1 Å². The lowest BCUT2D eigenvalue weighted by molar-refractivity contribution is 0.115. The van der Waals surface area contributed by atoms with Gasteiger partial charge in [0.25, 0.3) is 0 Å². The molecule has 1 N–H and O–H groups in total. The second-order valence-electron chi connectivity index (χ2n) is 6.00. The first kappa shape index (κ1) is 14.6. The summed E-state index contributed by atoms with van der Waals surface area (Å²) in [5.41, 5.74) is 0. The Balaban J connectivity index is 1.50. The highest BCUT2D eigenvalue weighted by Crippen LogP contribution is 2.33.